The van der Waals surface area contributed by atoms with Gasteiger partial charge in [0.25, 0.3) is 5.91 Å². The average molecular weight is 393 g/mol. The smallest absolute Gasteiger partial charge is 0.270 e. The van der Waals surface area contributed by atoms with Gasteiger partial charge in [0.15, 0.2) is 0 Å². The lowest BCUT2D eigenvalue weighted by Gasteiger charge is -2.00. The number of carbonyl (C=O) groups is 1. The van der Waals surface area contributed by atoms with Crippen LogP contribution in [0.5, 0.6) is 0 Å². The summed E-state index contributed by atoms with van der Waals surface area (Å²) in [7, 11) is 0. The highest BCUT2D eigenvalue weighted by Crippen LogP contribution is 2.19. The number of hydrogen-bond acceptors (Lipinski definition) is 6. The number of oxazole rings is 1. The molecule has 0 spiro atoms. The molecule has 0 radical (unpaired) electrons. The summed E-state index contributed by atoms with van der Waals surface area (Å²) in [6, 6.07) is 8.00. The lowest BCUT2D eigenvalue weighted by atomic mass is 10.1. The van der Waals surface area contributed by atoms with E-state index in [4.69, 9.17) is 10.2 Å². The largest absolute Gasteiger partial charge is 0.444 e. The third-order valence-electron chi connectivity index (χ3n) is 3.66. The molecule has 0 aliphatic carbocycles. The van der Waals surface area contributed by atoms with Gasteiger partial charge in [0, 0.05) is 30.3 Å². The van der Waals surface area contributed by atoms with Crippen LogP contribution in [0.25, 0.3) is 11.5 Å². The number of carbonyl (C=O) groups excluding carboxylic acids is 1. The molecule has 3 rings (SSSR count). The quantitative estimate of drug-likeness (QED) is 0.644. The van der Waals surface area contributed by atoms with Crippen molar-refractivity contribution in [2.75, 3.05) is 13.1 Å². The summed E-state index contributed by atoms with van der Waals surface area (Å²) in [5, 5.41) is 5.49. The van der Waals surface area contributed by atoms with Crippen LogP contribution < -0.4 is 11.1 Å². The van der Waals surface area contributed by atoms with Crippen molar-refractivity contribution in [2.45, 2.75) is 19.8 Å². The molecular weight excluding hydrogens is 372 g/mol. The Morgan fingerprint density at radius 1 is 1.23 bits per heavy atom. The van der Waals surface area contributed by atoms with Crippen LogP contribution in [0, 0.1) is 6.92 Å². The van der Waals surface area contributed by atoms with Crippen molar-refractivity contribution >= 4 is 29.7 Å². The number of nitrogens with two attached hydrogens (primary N) is 1. The predicted molar refractivity (Wildman–Crippen MR) is 105 cm³/mol. The number of nitrogens with zero attached hydrogens (tertiary/aromatic N) is 2. The number of amides is 1. The summed E-state index contributed by atoms with van der Waals surface area (Å²) in [5.74, 6) is 0.411. The Hall–Kier alpha value is -2.22. The molecule has 0 unspecified atom stereocenters. The molecule has 3 N–H and O–H groups in total. The summed E-state index contributed by atoms with van der Waals surface area (Å²) in [5.41, 5.74) is 8.86. The van der Waals surface area contributed by atoms with Crippen molar-refractivity contribution < 1.29 is 9.21 Å². The third-order valence-corrected chi connectivity index (χ3v) is 4.57. The minimum atomic E-state index is -0.179. The number of nitrogens with one attached hydrogen (secondary N) is 1. The van der Waals surface area contributed by atoms with Crippen molar-refractivity contribution in [3.8, 4) is 11.5 Å². The van der Waals surface area contributed by atoms with Crippen LogP contribution in [0.2, 0.25) is 0 Å². The first kappa shape index (κ1) is 20.1. The van der Waals surface area contributed by atoms with Gasteiger partial charge in [-0.05, 0) is 25.6 Å². The number of benzene rings is 1. The Balaban J connectivity index is 0.00000243. The molecule has 138 valence electrons. The van der Waals surface area contributed by atoms with Crippen LogP contribution in [0.1, 0.15) is 26.8 Å². The third kappa shape index (κ3) is 5.14. The molecule has 0 atom stereocenters. The highest BCUT2D eigenvalue weighted by atomic mass is 35.5. The molecule has 3 aromatic rings. The first-order valence-corrected chi connectivity index (χ1v) is 8.98. The molecule has 8 heteroatoms. The zero-order valence-electron chi connectivity index (χ0n) is 14.4. The second-order valence-electron chi connectivity index (χ2n) is 5.68. The summed E-state index contributed by atoms with van der Waals surface area (Å²) >= 11 is 1.45. The van der Waals surface area contributed by atoms with E-state index in [-0.39, 0.29) is 18.3 Å². The average Bonchev–Trinajstić information content (AvgIpc) is 3.26. The van der Waals surface area contributed by atoms with E-state index < -0.39 is 0 Å². The molecule has 1 amide bonds. The summed E-state index contributed by atoms with van der Waals surface area (Å²) in [4.78, 5) is 20.8. The van der Waals surface area contributed by atoms with Gasteiger partial charge in [0.2, 0.25) is 5.89 Å². The Morgan fingerprint density at radius 3 is 2.73 bits per heavy atom. The molecular formula is C18H21ClN4O2S. The molecule has 0 bridgehead atoms. The number of hydrogen-bond donors (Lipinski definition) is 2. The van der Waals surface area contributed by atoms with Crippen molar-refractivity contribution in [3.05, 3.63) is 57.9 Å². The predicted octanol–water partition coefficient (Wildman–Crippen LogP) is 3.00. The van der Waals surface area contributed by atoms with Crippen molar-refractivity contribution in [3.63, 3.8) is 0 Å². The topological polar surface area (TPSA) is 94.0 Å². The Kier molecular flexibility index (Phi) is 7.32. The fourth-order valence-electron chi connectivity index (χ4n) is 2.30. The molecule has 0 saturated carbocycles. The maximum atomic E-state index is 12.1. The summed E-state index contributed by atoms with van der Waals surface area (Å²) in [6.07, 6.45) is 2.92. The fourth-order valence-corrected chi connectivity index (χ4v) is 3.09. The lowest BCUT2D eigenvalue weighted by Crippen LogP contribution is -2.26. The maximum absolute atomic E-state index is 12.1. The minimum absolute atomic E-state index is 0. The monoisotopic (exact) mass is 392 g/mol. The van der Waals surface area contributed by atoms with E-state index in [1.807, 2.05) is 31.2 Å². The van der Waals surface area contributed by atoms with Gasteiger partial charge in [-0.15, -0.1) is 23.7 Å². The fraction of sp³-hybridized carbons (Fsp3) is 0.278. The zero-order chi connectivity index (χ0) is 17.6. The van der Waals surface area contributed by atoms with E-state index in [0.717, 1.165) is 16.3 Å². The Morgan fingerprint density at radius 2 is 2.00 bits per heavy atom. The van der Waals surface area contributed by atoms with Gasteiger partial charge in [-0.25, -0.2) is 9.97 Å². The Bertz CT molecular complexity index is 845. The number of rotatable bonds is 7. The second-order valence-corrected chi connectivity index (χ2v) is 6.62. The van der Waals surface area contributed by atoms with Crippen molar-refractivity contribution in [1.29, 1.82) is 0 Å². The van der Waals surface area contributed by atoms with E-state index in [9.17, 15) is 4.79 Å². The summed E-state index contributed by atoms with van der Waals surface area (Å²) < 4.78 is 5.52. The van der Waals surface area contributed by atoms with E-state index in [1.54, 1.807) is 11.6 Å². The van der Waals surface area contributed by atoms with Crippen LogP contribution in [0.15, 0.2) is 40.3 Å². The van der Waals surface area contributed by atoms with E-state index in [2.05, 4.69) is 15.3 Å². The highest BCUT2D eigenvalue weighted by molar-refractivity contribution is 7.09. The van der Waals surface area contributed by atoms with Gasteiger partial charge >= 0.3 is 0 Å². The van der Waals surface area contributed by atoms with Crippen LogP contribution in [-0.4, -0.2) is 29.0 Å². The molecule has 0 fully saturated rings. The van der Waals surface area contributed by atoms with Crippen LogP contribution in [-0.2, 0) is 12.8 Å². The lowest BCUT2D eigenvalue weighted by molar-refractivity contribution is 0.0949. The molecule has 2 aromatic heterocycles. The number of halogens is 1. The molecule has 0 saturated heterocycles. The van der Waals surface area contributed by atoms with Crippen LogP contribution >= 0.6 is 23.7 Å². The van der Waals surface area contributed by atoms with Gasteiger partial charge in [-0.2, -0.15) is 0 Å². The van der Waals surface area contributed by atoms with Gasteiger partial charge in [-0.1, -0.05) is 17.7 Å². The van der Waals surface area contributed by atoms with E-state index >= 15 is 0 Å². The highest BCUT2D eigenvalue weighted by Gasteiger charge is 2.11. The maximum Gasteiger partial charge on any atom is 0.270 e. The number of aromatic nitrogens is 2. The molecule has 1 aromatic carbocycles. The van der Waals surface area contributed by atoms with Crippen LogP contribution in [0.3, 0.4) is 0 Å². The molecule has 0 aliphatic rings. The van der Waals surface area contributed by atoms with Crippen LogP contribution in [0.4, 0.5) is 0 Å². The molecule has 0 aliphatic heterocycles. The van der Waals surface area contributed by atoms with Gasteiger partial charge < -0.3 is 15.5 Å². The van der Waals surface area contributed by atoms with Gasteiger partial charge in [0.1, 0.15) is 12.0 Å². The molecule has 2 heterocycles. The standard InChI is InChI=1S/C18H20N4O2S.ClH/c1-12-2-4-13(5-3-12)18-21-14(10-24-18)7-9-20-17(23)15-11-25-16(22-15)6-8-19;/h2-5,10-11H,6-9,19H2,1H3,(H,20,23);1H. The first-order valence-electron chi connectivity index (χ1n) is 8.10. The molecule has 26 heavy (non-hydrogen) atoms. The van der Waals surface area contributed by atoms with E-state index in [1.165, 1.54) is 16.9 Å². The van der Waals surface area contributed by atoms with Gasteiger partial charge in [0.05, 0.1) is 10.7 Å². The number of aryl methyl sites for hydroxylation is 1. The number of thiazole rings is 1. The zero-order valence-corrected chi connectivity index (χ0v) is 16.0. The first-order chi connectivity index (χ1) is 12.2. The van der Waals surface area contributed by atoms with Crippen molar-refractivity contribution in [1.82, 2.24) is 15.3 Å². The van der Waals surface area contributed by atoms with E-state index in [0.29, 0.717) is 37.5 Å². The normalized spacial score (nSPS) is 10.4. The SMILES string of the molecule is Cc1ccc(-c2nc(CCNC(=O)c3csc(CCN)n3)co2)cc1.Cl. The molecule has 6 nitrogen and oxygen atoms in total. The van der Waals surface area contributed by atoms with Gasteiger partial charge in [-0.3, -0.25) is 4.79 Å². The minimum Gasteiger partial charge on any atom is -0.444 e. The second kappa shape index (κ2) is 9.47. The summed E-state index contributed by atoms with van der Waals surface area (Å²) in [6.45, 7) is 3.04. The van der Waals surface area contributed by atoms with Crippen molar-refractivity contribution in [2.24, 2.45) is 5.73 Å². The Labute approximate surface area is 162 Å².